The number of nitrogens with zero attached hydrogens (tertiary/aromatic N) is 2. The predicted molar refractivity (Wildman–Crippen MR) is 71.8 cm³/mol. The summed E-state index contributed by atoms with van der Waals surface area (Å²) >= 11 is 0. The van der Waals surface area contributed by atoms with Gasteiger partial charge in [-0.1, -0.05) is 6.92 Å². The Morgan fingerprint density at radius 2 is 2.28 bits per heavy atom. The van der Waals surface area contributed by atoms with Crippen molar-refractivity contribution in [2.45, 2.75) is 19.4 Å². The molecule has 4 heteroatoms. The Bertz CT molecular complexity index is 576. The summed E-state index contributed by atoms with van der Waals surface area (Å²) in [7, 11) is 3.77. The molecule has 96 valence electrons. The maximum atomic E-state index is 5.25. The number of fused-ring (bicyclic) bond motifs is 1. The summed E-state index contributed by atoms with van der Waals surface area (Å²) in [6.45, 7) is 3.36. The molecule has 2 atom stereocenters. The number of rotatable bonds is 2. The molecule has 1 fully saturated rings. The van der Waals surface area contributed by atoms with E-state index in [9.17, 15) is 0 Å². The molecule has 0 aliphatic carbocycles. The van der Waals surface area contributed by atoms with Crippen molar-refractivity contribution < 1.29 is 4.74 Å². The highest BCUT2D eigenvalue weighted by molar-refractivity contribution is 5.77. The minimum Gasteiger partial charge on any atom is -0.497 e. The average Bonchev–Trinajstić information content (AvgIpc) is 2.93. The van der Waals surface area contributed by atoms with E-state index in [1.165, 1.54) is 6.42 Å². The number of hydrogen-bond donors (Lipinski definition) is 1. The maximum Gasteiger partial charge on any atom is 0.127 e. The van der Waals surface area contributed by atoms with Crippen LogP contribution in [0.3, 0.4) is 0 Å². The fourth-order valence-electron chi connectivity index (χ4n) is 2.78. The van der Waals surface area contributed by atoms with Gasteiger partial charge in [0.15, 0.2) is 0 Å². The summed E-state index contributed by atoms with van der Waals surface area (Å²) in [4.78, 5) is 4.77. The molecule has 2 aromatic rings. The van der Waals surface area contributed by atoms with E-state index in [1.54, 1.807) is 7.11 Å². The molecule has 0 radical (unpaired) electrons. The van der Waals surface area contributed by atoms with Crippen molar-refractivity contribution in [2.24, 2.45) is 13.0 Å². The normalized spacial score (nSPS) is 23.7. The van der Waals surface area contributed by atoms with Crippen molar-refractivity contribution in [3.8, 4) is 5.75 Å². The van der Waals surface area contributed by atoms with Gasteiger partial charge in [-0.25, -0.2) is 4.98 Å². The van der Waals surface area contributed by atoms with Crippen LogP contribution < -0.4 is 10.1 Å². The predicted octanol–water partition coefficient (Wildman–Crippen LogP) is 2.25. The lowest BCUT2D eigenvalue weighted by atomic mass is 10.0. The molecule has 1 aliphatic rings. The summed E-state index contributed by atoms with van der Waals surface area (Å²) in [5.74, 6) is 2.63. The summed E-state index contributed by atoms with van der Waals surface area (Å²) in [5.41, 5.74) is 2.17. The standard InChI is InChI=1S/C14H19N3O/c1-9-6-7-15-13(9)14-16-11-8-10(18-3)4-5-12(11)17(14)2/h4-5,8-9,13,15H,6-7H2,1-3H3. The molecule has 4 nitrogen and oxygen atoms in total. The van der Waals surface area contributed by atoms with Crippen molar-refractivity contribution in [3.63, 3.8) is 0 Å². The molecule has 0 spiro atoms. The Hall–Kier alpha value is -1.55. The lowest BCUT2D eigenvalue weighted by molar-refractivity contribution is 0.415. The van der Waals surface area contributed by atoms with Crippen LogP contribution in [0.15, 0.2) is 18.2 Å². The van der Waals surface area contributed by atoms with Gasteiger partial charge in [0.25, 0.3) is 0 Å². The lowest BCUT2D eigenvalue weighted by Crippen LogP contribution is -2.20. The van der Waals surface area contributed by atoms with Gasteiger partial charge in [-0.3, -0.25) is 0 Å². The van der Waals surface area contributed by atoms with Crippen LogP contribution in [-0.4, -0.2) is 23.2 Å². The second-order valence-corrected chi connectivity index (χ2v) is 5.08. The Morgan fingerprint density at radius 1 is 1.44 bits per heavy atom. The third kappa shape index (κ3) is 1.68. The number of aromatic nitrogens is 2. The van der Waals surface area contributed by atoms with Crippen LogP contribution in [0.4, 0.5) is 0 Å². The SMILES string of the molecule is COc1ccc2c(c1)nc(C1NCCC1C)n2C. The third-order valence-electron chi connectivity index (χ3n) is 3.93. The molecule has 0 amide bonds. The number of ether oxygens (including phenoxy) is 1. The van der Waals surface area contributed by atoms with E-state index in [1.807, 2.05) is 12.1 Å². The van der Waals surface area contributed by atoms with Crippen LogP contribution in [0.5, 0.6) is 5.75 Å². The largest absolute Gasteiger partial charge is 0.497 e. The molecule has 1 N–H and O–H groups in total. The zero-order chi connectivity index (χ0) is 12.7. The minimum atomic E-state index is 0.369. The first kappa shape index (κ1) is 11.5. The quantitative estimate of drug-likeness (QED) is 0.882. The van der Waals surface area contributed by atoms with Crippen LogP contribution in [-0.2, 0) is 7.05 Å². The molecule has 1 aromatic carbocycles. The van der Waals surface area contributed by atoms with Crippen molar-refractivity contribution in [2.75, 3.05) is 13.7 Å². The molecule has 18 heavy (non-hydrogen) atoms. The Kier molecular flexibility index (Phi) is 2.74. The Labute approximate surface area is 107 Å². The van der Waals surface area contributed by atoms with Crippen molar-refractivity contribution in [3.05, 3.63) is 24.0 Å². The zero-order valence-corrected chi connectivity index (χ0v) is 11.1. The van der Waals surface area contributed by atoms with Crippen LogP contribution in [0, 0.1) is 5.92 Å². The van der Waals surface area contributed by atoms with Crippen LogP contribution in [0.2, 0.25) is 0 Å². The van der Waals surface area contributed by atoms with Crippen molar-refractivity contribution in [1.29, 1.82) is 0 Å². The van der Waals surface area contributed by atoms with Gasteiger partial charge < -0.3 is 14.6 Å². The van der Waals surface area contributed by atoms with Gasteiger partial charge in [-0.05, 0) is 31.0 Å². The van der Waals surface area contributed by atoms with E-state index in [-0.39, 0.29) is 0 Å². The van der Waals surface area contributed by atoms with Crippen molar-refractivity contribution in [1.82, 2.24) is 14.9 Å². The molecule has 0 saturated carbocycles. The summed E-state index contributed by atoms with van der Waals surface area (Å²) < 4.78 is 7.44. The van der Waals surface area contributed by atoms with Gasteiger partial charge >= 0.3 is 0 Å². The van der Waals surface area contributed by atoms with Crippen LogP contribution in [0.1, 0.15) is 25.2 Å². The van der Waals surface area contributed by atoms with Gasteiger partial charge in [-0.15, -0.1) is 0 Å². The van der Waals surface area contributed by atoms with Gasteiger partial charge in [-0.2, -0.15) is 0 Å². The molecule has 3 rings (SSSR count). The van der Waals surface area contributed by atoms with Gasteiger partial charge in [0.1, 0.15) is 11.6 Å². The zero-order valence-electron chi connectivity index (χ0n) is 11.1. The average molecular weight is 245 g/mol. The van der Waals surface area contributed by atoms with Gasteiger partial charge in [0, 0.05) is 13.1 Å². The Morgan fingerprint density at radius 3 is 2.94 bits per heavy atom. The van der Waals surface area contributed by atoms with Gasteiger partial charge in [0.2, 0.25) is 0 Å². The molecular weight excluding hydrogens is 226 g/mol. The van der Waals surface area contributed by atoms with Crippen molar-refractivity contribution >= 4 is 11.0 Å². The molecule has 0 bridgehead atoms. The number of benzene rings is 1. The molecule has 2 unspecified atom stereocenters. The van der Waals surface area contributed by atoms with Gasteiger partial charge in [0.05, 0.1) is 24.2 Å². The van der Waals surface area contributed by atoms with E-state index in [0.717, 1.165) is 29.2 Å². The van der Waals surface area contributed by atoms with E-state index < -0.39 is 0 Å². The summed E-state index contributed by atoms with van der Waals surface area (Å²) in [6.07, 6.45) is 1.22. The monoisotopic (exact) mass is 245 g/mol. The highest BCUT2D eigenvalue weighted by atomic mass is 16.5. The fourth-order valence-corrected chi connectivity index (χ4v) is 2.78. The Balaban J connectivity index is 2.10. The molecule has 2 heterocycles. The number of imidazole rings is 1. The lowest BCUT2D eigenvalue weighted by Gasteiger charge is -2.15. The molecule has 1 aromatic heterocycles. The first-order chi connectivity index (χ1) is 8.70. The minimum absolute atomic E-state index is 0.369. The second kappa shape index (κ2) is 4.28. The number of methoxy groups -OCH3 is 1. The van der Waals surface area contributed by atoms with Crippen LogP contribution in [0.25, 0.3) is 11.0 Å². The number of aryl methyl sites for hydroxylation is 1. The number of hydrogen-bond acceptors (Lipinski definition) is 3. The second-order valence-electron chi connectivity index (χ2n) is 5.08. The smallest absolute Gasteiger partial charge is 0.127 e. The third-order valence-corrected chi connectivity index (χ3v) is 3.93. The van der Waals surface area contributed by atoms with E-state index in [4.69, 9.17) is 9.72 Å². The fraction of sp³-hybridized carbons (Fsp3) is 0.500. The molecule has 1 aliphatic heterocycles. The van der Waals surface area contributed by atoms with E-state index >= 15 is 0 Å². The first-order valence-electron chi connectivity index (χ1n) is 6.44. The van der Waals surface area contributed by atoms with E-state index in [2.05, 4.69) is 29.9 Å². The maximum absolute atomic E-state index is 5.25. The summed E-state index contributed by atoms with van der Waals surface area (Å²) in [5, 5.41) is 3.54. The number of nitrogens with one attached hydrogen (secondary N) is 1. The highest BCUT2D eigenvalue weighted by Crippen LogP contribution is 2.31. The van der Waals surface area contributed by atoms with E-state index in [0.29, 0.717) is 12.0 Å². The van der Waals surface area contributed by atoms with Crippen LogP contribution >= 0.6 is 0 Å². The summed E-state index contributed by atoms with van der Waals surface area (Å²) in [6, 6.07) is 6.43. The molecule has 1 saturated heterocycles. The molecular formula is C14H19N3O. The highest BCUT2D eigenvalue weighted by Gasteiger charge is 2.28. The first-order valence-corrected chi connectivity index (χ1v) is 6.44. The topological polar surface area (TPSA) is 39.1 Å².